The second-order valence-electron chi connectivity index (χ2n) is 3.59. The minimum Gasteiger partial charge on any atom is -0.329 e. The second kappa shape index (κ2) is 11.1. The Balaban J connectivity index is 4.00. The third-order valence-corrected chi connectivity index (χ3v) is 3.61. The first-order valence-corrected chi connectivity index (χ1v) is 7.73. The molecular weight excluding hydrogens is 243 g/mol. The number of hydrogen-bond acceptors (Lipinski definition) is 7. The molecule has 0 atom stereocenters. The van der Waals surface area contributed by atoms with Gasteiger partial charge in [0.25, 0.3) is 0 Å². The predicted molar refractivity (Wildman–Crippen MR) is 68.3 cm³/mol. The molecule has 0 bridgehead atoms. The van der Waals surface area contributed by atoms with E-state index in [1.165, 1.54) is 0 Å². The van der Waals surface area contributed by atoms with Gasteiger partial charge in [-0.2, -0.15) is 11.0 Å². The Bertz CT molecular complexity index is 185. The summed E-state index contributed by atoms with van der Waals surface area (Å²) in [5.74, 6) is 0. The molecule has 0 spiro atoms. The van der Waals surface area contributed by atoms with E-state index in [0.29, 0.717) is 32.3 Å². The highest BCUT2D eigenvalue weighted by molar-refractivity contribution is 7.53. The molecule has 8 heteroatoms. The van der Waals surface area contributed by atoms with Gasteiger partial charge >= 0.3 is 7.60 Å². The van der Waals surface area contributed by atoms with Crippen LogP contribution in [0.15, 0.2) is 0 Å². The van der Waals surface area contributed by atoms with E-state index >= 15 is 0 Å². The summed E-state index contributed by atoms with van der Waals surface area (Å²) in [6, 6.07) is 0. The van der Waals surface area contributed by atoms with Crippen molar-refractivity contribution in [3.63, 3.8) is 0 Å². The monoisotopic (exact) mass is 268 g/mol. The van der Waals surface area contributed by atoms with Gasteiger partial charge in [0.1, 0.15) is 0 Å². The molecule has 0 rings (SSSR count). The van der Waals surface area contributed by atoms with Crippen molar-refractivity contribution in [2.24, 2.45) is 11.5 Å². The Morgan fingerprint density at radius 3 is 2.00 bits per heavy atom. The molecular formula is C9H25N4O3P. The molecule has 0 amide bonds. The molecule has 7 nitrogen and oxygen atoms in total. The van der Waals surface area contributed by atoms with Crippen molar-refractivity contribution >= 4 is 7.60 Å². The number of rotatable bonds is 12. The average Bonchev–Trinajstić information content (AvgIpc) is 2.30. The van der Waals surface area contributed by atoms with Crippen molar-refractivity contribution < 1.29 is 13.8 Å². The summed E-state index contributed by atoms with van der Waals surface area (Å²) < 4.78 is 22.3. The van der Waals surface area contributed by atoms with E-state index in [0.717, 1.165) is 19.3 Å². The lowest BCUT2D eigenvalue weighted by Crippen LogP contribution is -2.26. The lowest BCUT2D eigenvalue weighted by atomic mass is 10.3. The van der Waals surface area contributed by atoms with Gasteiger partial charge in [0, 0.05) is 26.2 Å². The molecule has 104 valence electrons. The quantitative estimate of drug-likeness (QED) is 0.229. The molecule has 0 aromatic rings. The van der Waals surface area contributed by atoms with Crippen LogP contribution in [0, 0.1) is 0 Å². The van der Waals surface area contributed by atoms with Crippen LogP contribution in [0.25, 0.3) is 0 Å². The smallest absolute Gasteiger partial charge is 0.329 e. The molecule has 17 heavy (non-hydrogen) atoms. The topological polar surface area (TPSA) is 112 Å². The van der Waals surface area contributed by atoms with E-state index in [4.69, 9.17) is 20.7 Å². The Morgan fingerprint density at radius 1 is 1.06 bits per heavy atom. The third kappa shape index (κ3) is 9.67. The zero-order chi connectivity index (χ0) is 13.0. The predicted octanol–water partition coefficient (Wildman–Crippen LogP) is 0.330. The van der Waals surface area contributed by atoms with E-state index in [9.17, 15) is 4.57 Å². The summed E-state index contributed by atoms with van der Waals surface area (Å²) in [6.07, 6.45) is 3.20. The van der Waals surface area contributed by atoms with Gasteiger partial charge < -0.3 is 11.5 Å². The van der Waals surface area contributed by atoms with Gasteiger partial charge in [0.05, 0.1) is 6.16 Å². The molecule has 0 aliphatic carbocycles. The SMILES string of the molecule is CCCCCP(=O)(ONCCN)ONCCN. The fourth-order valence-corrected chi connectivity index (χ4v) is 2.48. The Morgan fingerprint density at radius 2 is 1.59 bits per heavy atom. The molecule has 0 radical (unpaired) electrons. The van der Waals surface area contributed by atoms with Crippen LogP contribution in [-0.2, 0) is 13.8 Å². The van der Waals surface area contributed by atoms with Gasteiger partial charge in [-0.15, -0.1) is 0 Å². The number of hydroxylamine groups is 2. The number of unbranched alkanes of at least 4 members (excludes halogenated alkanes) is 2. The van der Waals surface area contributed by atoms with Crippen LogP contribution >= 0.6 is 7.60 Å². The third-order valence-electron chi connectivity index (χ3n) is 1.94. The Hall–Kier alpha value is -0.0100. The van der Waals surface area contributed by atoms with Gasteiger partial charge in [0.15, 0.2) is 0 Å². The molecule has 0 aliphatic heterocycles. The zero-order valence-corrected chi connectivity index (χ0v) is 11.4. The molecule has 6 N–H and O–H groups in total. The van der Waals surface area contributed by atoms with Crippen molar-refractivity contribution in [1.29, 1.82) is 0 Å². The molecule has 0 fully saturated rings. The van der Waals surface area contributed by atoms with E-state index < -0.39 is 7.60 Å². The fourth-order valence-electron chi connectivity index (χ4n) is 1.07. The maximum atomic E-state index is 12.2. The Labute approximate surface area is 103 Å². The van der Waals surface area contributed by atoms with Crippen molar-refractivity contribution in [2.45, 2.75) is 26.2 Å². The van der Waals surface area contributed by atoms with Crippen molar-refractivity contribution in [3.8, 4) is 0 Å². The highest BCUT2D eigenvalue weighted by atomic mass is 31.2. The minimum absolute atomic E-state index is 0.371. The summed E-state index contributed by atoms with van der Waals surface area (Å²) in [5, 5.41) is 0. The van der Waals surface area contributed by atoms with Crippen LogP contribution in [0.2, 0.25) is 0 Å². The van der Waals surface area contributed by atoms with Gasteiger partial charge in [-0.3, -0.25) is 4.57 Å². The van der Waals surface area contributed by atoms with Gasteiger partial charge in [-0.25, -0.2) is 9.25 Å². The lowest BCUT2D eigenvalue weighted by molar-refractivity contribution is 0.103. The summed E-state index contributed by atoms with van der Waals surface area (Å²) in [5.41, 5.74) is 15.7. The molecule has 0 aromatic carbocycles. The second-order valence-corrected chi connectivity index (χ2v) is 5.62. The summed E-state index contributed by atoms with van der Waals surface area (Å²) >= 11 is 0. The first-order chi connectivity index (χ1) is 8.18. The zero-order valence-electron chi connectivity index (χ0n) is 10.5. The molecule has 0 saturated heterocycles. The van der Waals surface area contributed by atoms with E-state index in [2.05, 4.69) is 17.9 Å². The summed E-state index contributed by atoms with van der Waals surface area (Å²) in [7, 11) is -3.14. The van der Waals surface area contributed by atoms with Crippen molar-refractivity contribution in [2.75, 3.05) is 32.3 Å². The molecule has 0 unspecified atom stereocenters. The number of nitrogens with two attached hydrogens (primary N) is 2. The normalized spacial score (nSPS) is 11.9. The fraction of sp³-hybridized carbons (Fsp3) is 1.00. The molecule has 0 aromatic heterocycles. The van der Waals surface area contributed by atoms with Crippen LogP contribution < -0.4 is 22.4 Å². The van der Waals surface area contributed by atoms with E-state index in [1.807, 2.05) is 0 Å². The maximum Gasteiger partial charge on any atom is 0.363 e. The highest BCUT2D eigenvalue weighted by Gasteiger charge is 2.24. The van der Waals surface area contributed by atoms with Crippen molar-refractivity contribution in [1.82, 2.24) is 11.0 Å². The summed E-state index contributed by atoms with van der Waals surface area (Å²) in [4.78, 5) is 0. The van der Waals surface area contributed by atoms with Crippen LogP contribution in [0.4, 0.5) is 0 Å². The van der Waals surface area contributed by atoms with Crippen LogP contribution in [0.3, 0.4) is 0 Å². The molecule has 0 heterocycles. The van der Waals surface area contributed by atoms with Gasteiger partial charge in [-0.05, 0) is 6.42 Å². The lowest BCUT2D eigenvalue weighted by Gasteiger charge is -2.18. The first kappa shape index (κ1) is 17.0. The Kier molecular flexibility index (Phi) is 11.1. The summed E-state index contributed by atoms with van der Waals surface area (Å²) in [6.45, 7) is 3.75. The van der Waals surface area contributed by atoms with Crippen LogP contribution in [-0.4, -0.2) is 32.3 Å². The number of nitrogens with one attached hydrogen (secondary N) is 2. The molecule has 0 aliphatic rings. The maximum absolute atomic E-state index is 12.2. The van der Waals surface area contributed by atoms with E-state index in [1.54, 1.807) is 0 Å². The number of hydrogen-bond donors (Lipinski definition) is 4. The highest BCUT2D eigenvalue weighted by Crippen LogP contribution is 2.46. The van der Waals surface area contributed by atoms with Crippen LogP contribution in [0.1, 0.15) is 26.2 Å². The van der Waals surface area contributed by atoms with Gasteiger partial charge in [-0.1, -0.05) is 19.8 Å². The minimum atomic E-state index is -3.14. The largest absolute Gasteiger partial charge is 0.363 e. The van der Waals surface area contributed by atoms with Crippen LogP contribution in [0.5, 0.6) is 0 Å². The molecule has 0 saturated carbocycles. The van der Waals surface area contributed by atoms with Gasteiger partial charge in [0.2, 0.25) is 0 Å². The van der Waals surface area contributed by atoms with Crippen molar-refractivity contribution in [3.05, 3.63) is 0 Å². The van der Waals surface area contributed by atoms with E-state index in [-0.39, 0.29) is 0 Å². The first-order valence-electron chi connectivity index (χ1n) is 6.00. The standard InChI is InChI=1S/C9H25N4O3P/c1-2-3-4-9-17(14,15-12-7-5-10)16-13-8-6-11/h12-13H,2-11H2,1H3. The average molecular weight is 268 g/mol.